The molecule has 104 valence electrons. The Hall–Kier alpha value is -1.85. The number of nitrogens with zero attached hydrogens (tertiary/aromatic N) is 3. The molecule has 1 aromatic heterocycles. The predicted octanol–water partition coefficient (Wildman–Crippen LogP) is 1.10. The van der Waals surface area contributed by atoms with Crippen molar-refractivity contribution in [3.8, 4) is 0 Å². The molecule has 0 bridgehead atoms. The minimum atomic E-state index is -1.03. The first-order valence-electron chi connectivity index (χ1n) is 6.57. The largest absolute Gasteiger partial charge is 0.480 e. The molecule has 0 saturated carbocycles. The number of carboxylic acid groups (broad SMARTS) is 1. The number of rotatable bonds is 4. The maximum absolute atomic E-state index is 12.3. The molecule has 6 nitrogen and oxygen atoms in total. The highest BCUT2D eigenvalue weighted by atomic mass is 16.4. The SMILES string of the molecule is CCCn1ccnc(N2CCCC2(C)C(=O)O)c1=O. The van der Waals surface area contributed by atoms with E-state index in [0.29, 0.717) is 19.5 Å². The number of carboxylic acids is 1. The van der Waals surface area contributed by atoms with Gasteiger partial charge in [0, 0.05) is 25.5 Å². The number of aromatic nitrogens is 2. The summed E-state index contributed by atoms with van der Waals surface area (Å²) in [6.45, 7) is 4.82. The molecule has 1 unspecified atom stereocenters. The van der Waals surface area contributed by atoms with E-state index in [1.807, 2.05) is 6.92 Å². The summed E-state index contributed by atoms with van der Waals surface area (Å²) in [5.41, 5.74) is -1.24. The Kier molecular flexibility index (Phi) is 3.59. The molecule has 1 atom stereocenters. The van der Waals surface area contributed by atoms with E-state index in [4.69, 9.17) is 0 Å². The van der Waals surface area contributed by atoms with Gasteiger partial charge in [-0.15, -0.1) is 0 Å². The van der Waals surface area contributed by atoms with E-state index in [1.165, 1.54) is 0 Å². The third-order valence-electron chi connectivity index (χ3n) is 3.72. The van der Waals surface area contributed by atoms with Crippen LogP contribution in [0.1, 0.15) is 33.1 Å². The molecule has 0 aliphatic carbocycles. The minimum Gasteiger partial charge on any atom is -0.480 e. The Balaban J connectivity index is 2.45. The van der Waals surface area contributed by atoms with Crippen molar-refractivity contribution in [2.24, 2.45) is 0 Å². The summed E-state index contributed by atoms with van der Waals surface area (Å²) in [6, 6.07) is 0. The summed E-state index contributed by atoms with van der Waals surface area (Å²) >= 11 is 0. The van der Waals surface area contributed by atoms with Gasteiger partial charge in [0.2, 0.25) is 0 Å². The van der Waals surface area contributed by atoms with Crippen molar-refractivity contribution >= 4 is 11.8 Å². The molecule has 0 aromatic carbocycles. The lowest BCUT2D eigenvalue weighted by Crippen LogP contribution is -2.50. The Morgan fingerprint density at radius 1 is 1.58 bits per heavy atom. The molecule has 1 fully saturated rings. The van der Waals surface area contributed by atoms with Gasteiger partial charge in [-0.2, -0.15) is 0 Å². The Bertz CT molecular complexity index is 540. The van der Waals surface area contributed by atoms with Gasteiger partial charge in [-0.05, 0) is 26.2 Å². The van der Waals surface area contributed by atoms with Crippen LogP contribution in [0.2, 0.25) is 0 Å². The lowest BCUT2D eigenvalue weighted by atomic mass is 9.99. The summed E-state index contributed by atoms with van der Waals surface area (Å²) in [4.78, 5) is 29.5. The Morgan fingerprint density at radius 2 is 2.32 bits per heavy atom. The lowest BCUT2D eigenvalue weighted by Gasteiger charge is -2.31. The molecule has 0 amide bonds. The van der Waals surface area contributed by atoms with Crippen LogP contribution in [-0.2, 0) is 11.3 Å². The minimum absolute atomic E-state index is 0.210. The molecule has 0 spiro atoms. The van der Waals surface area contributed by atoms with Crippen LogP contribution < -0.4 is 10.5 Å². The molecular weight excluding hydrogens is 246 g/mol. The van der Waals surface area contributed by atoms with E-state index in [1.54, 1.807) is 28.8 Å². The fraction of sp³-hybridized carbons (Fsp3) is 0.615. The maximum atomic E-state index is 12.3. The smallest absolute Gasteiger partial charge is 0.329 e. The molecule has 19 heavy (non-hydrogen) atoms. The lowest BCUT2D eigenvalue weighted by molar-refractivity contribution is -0.142. The standard InChI is InChI=1S/C13H19N3O3/c1-3-7-15-9-6-14-10(11(15)17)16-8-4-5-13(16,2)12(18)19/h6,9H,3-5,7-8H2,1-2H3,(H,18,19). The van der Waals surface area contributed by atoms with E-state index in [2.05, 4.69) is 4.98 Å². The number of anilines is 1. The zero-order valence-corrected chi connectivity index (χ0v) is 11.3. The summed E-state index contributed by atoms with van der Waals surface area (Å²) < 4.78 is 1.59. The van der Waals surface area contributed by atoms with Crippen LogP contribution in [0.15, 0.2) is 17.2 Å². The van der Waals surface area contributed by atoms with Crippen molar-refractivity contribution in [2.75, 3.05) is 11.4 Å². The van der Waals surface area contributed by atoms with Crippen LogP contribution in [0.4, 0.5) is 5.82 Å². The predicted molar refractivity (Wildman–Crippen MR) is 71.4 cm³/mol. The van der Waals surface area contributed by atoms with Gasteiger partial charge >= 0.3 is 5.97 Å². The van der Waals surface area contributed by atoms with Crippen LogP contribution >= 0.6 is 0 Å². The van der Waals surface area contributed by atoms with Crippen molar-refractivity contribution in [2.45, 2.75) is 45.2 Å². The first kappa shape index (κ1) is 13.6. The molecule has 6 heteroatoms. The third-order valence-corrected chi connectivity index (χ3v) is 3.72. The van der Waals surface area contributed by atoms with Gasteiger partial charge in [-0.1, -0.05) is 6.92 Å². The van der Waals surface area contributed by atoms with Gasteiger partial charge in [0.25, 0.3) is 5.56 Å². The van der Waals surface area contributed by atoms with E-state index in [0.717, 1.165) is 12.8 Å². The van der Waals surface area contributed by atoms with Gasteiger partial charge in [0.05, 0.1) is 0 Å². The fourth-order valence-electron chi connectivity index (χ4n) is 2.56. The number of aryl methyl sites for hydroxylation is 1. The first-order chi connectivity index (χ1) is 9.00. The van der Waals surface area contributed by atoms with Crippen LogP contribution in [0.25, 0.3) is 0 Å². The number of aliphatic carboxylic acids is 1. The monoisotopic (exact) mass is 265 g/mol. The molecule has 1 aromatic rings. The highest BCUT2D eigenvalue weighted by Gasteiger charge is 2.45. The fourth-order valence-corrected chi connectivity index (χ4v) is 2.56. The van der Waals surface area contributed by atoms with Gasteiger partial charge in [-0.3, -0.25) is 4.79 Å². The Labute approximate surface area is 111 Å². The second kappa shape index (κ2) is 5.03. The average molecular weight is 265 g/mol. The molecule has 2 rings (SSSR count). The van der Waals surface area contributed by atoms with E-state index < -0.39 is 11.5 Å². The average Bonchev–Trinajstić information content (AvgIpc) is 2.76. The van der Waals surface area contributed by atoms with Crippen molar-refractivity contribution in [3.63, 3.8) is 0 Å². The van der Waals surface area contributed by atoms with Crippen molar-refractivity contribution in [3.05, 3.63) is 22.7 Å². The van der Waals surface area contributed by atoms with E-state index in [-0.39, 0.29) is 11.4 Å². The summed E-state index contributed by atoms with van der Waals surface area (Å²) in [5.74, 6) is -0.657. The maximum Gasteiger partial charge on any atom is 0.329 e. The quantitative estimate of drug-likeness (QED) is 0.882. The molecule has 0 radical (unpaired) electrons. The number of hydrogen-bond acceptors (Lipinski definition) is 4. The molecule has 1 aliphatic rings. The van der Waals surface area contributed by atoms with Crippen molar-refractivity contribution in [1.29, 1.82) is 0 Å². The van der Waals surface area contributed by atoms with Gasteiger partial charge in [0.1, 0.15) is 5.54 Å². The van der Waals surface area contributed by atoms with Crippen molar-refractivity contribution < 1.29 is 9.90 Å². The van der Waals surface area contributed by atoms with Crippen molar-refractivity contribution in [1.82, 2.24) is 9.55 Å². The van der Waals surface area contributed by atoms with E-state index in [9.17, 15) is 14.7 Å². The summed E-state index contributed by atoms with van der Waals surface area (Å²) in [7, 11) is 0. The summed E-state index contributed by atoms with van der Waals surface area (Å²) in [6.07, 6.45) is 5.34. The zero-order chi connectivity index (χ0) is 14.0. The molecular formula is C13H19N3O3. The second-order valence-electron chi connectivity index (χ2n) is 5.08. The zero-order valence-electron chi connectivity index (χ0n) is 11.3. The second-order valence-corrected chi connectivity index (χ2v) is 5.08. The van der Waals surface area contributed by atoms with E-state index >= 15 is 0 Å². The van der Waals surface area contributed by atoms with Crippen LogP contribution in [0.5, 0.6) is 0 Å². The molecule has 1 saturated heterocycles. The highest BCUT2D eigenvalue weighted by molar-refractivity contribution is 5.83. The third kappa shape index (κ3) is 2.22. The van der Waals surface area contributed by atoms with Gasteiger partial charge < -0.3 is 14.6 Å². The normalized spacial score (nSPS) is 22.7. The first-order valence-corrected chi connectivity index (χ1v) is 6.57. The topological polar surface area (TPSA) is 75.4 Å². The van der Waals surface area contributed by atoms with Crippen LogP contribution in [-0.4, -0.2) is 32.7 Å². The highest BCUT2D eigenvalue weighted by Crippen LogP contribution is 2.31. The number of hydrogen-bond donors (Lipinski definition) is 1. The molecule has 1 N–H and O–H groups in total. The number of carbonyl (C=O) groups is 1. The molecule has 1 aliphatic heterocycles. The van der Waals surface area contributed by atoms with Gasteiger partial charge in [0.15, 0.2) is 5.82 Å². The molecule has 2 heterocycles. The van der Waals surface area contributed by atoms with Gasteiger partial charge in [-0.25, -0.2) is 9.78 Å². The Morgan fingerprint density at radius 3 is 2.95 bits per heavy atom. The van der Waals surface area contributed by atoms with Crippen LogP contribution in [0, 0.1) is 0 Å². The summed E-state index contributed by atoms with van der Waals surface area (Å²) in [5, 5.41) is 9.39. The van der Waals surface area contributed by atoms with Crippen LogP contribution in [0.3, 0.4) is 0 Å².